The first-order valence-corrected chi connectivity index (χ1v) is 12.0. The van der Waals surface area contributed by atoms with Crippen molar-refractivity contribution in [3.63, 3.8) is 0 Å². The van der Waals surface area contributed by atoms with Crippen molar-refractivity contribution in [2.75, 3.05) is 0 Å². The fourth-order valence-electron chi connectivity index (χ4n) is 3.82. The van der Waals surface area contributed by atoms with Crippen LogP contribution in [0.15, 0.2) is 88.9 Å². The van der Waals surface area contributed by atoms with E-state index in [0.717, 1.165) is 17.1 Å². The molecule has 0 saturated heterocycles. The van der Waals surface area contributed by atoms with Gasteiger partial charge in [-0.1, -0.05) is 59.8 Å². The molecule has 34 heavy (non-hydrogen) atoms. The van der Waals surface area contributed by atoms with E-state index < -0.39 is 0 Å². The maximum absolute atomic E-state index is 13.8. The molecular formula is C25H21ClN6OS. The molecule has 5 aromatic rings. The summed E-state index contributed by atoms with van der Waals surface area (Å²) in [6.07, 6.45) is 1.76. The van der Waals surface area contributed by atoms with Crippen molar-refractivity contribution in [2.24, 2.45) is 7.05 Å². The van der Waals surface area contributed by atoms with Gasteiger partial charge >= 0.3 is 0 Å². The third-order valence-corrected chi connectivity index (χ3v) is 6.86. The van der Waals surface area contributed by atoms with Gasteiger partial charge in [-0.3, -0.25) is 19.0 Å². The molecule has 170 valence electrons. The van der Waals surface area contributed by atoms with Gasteiger partial charge in [-0.05, 0) is 43.3 Å². The lowest BCUT2D eigenvalue weighted by Crippen LogP contribution is -2.21. The summed E-state index contributed by atoms with van der Waals surface area (Å²) in [5, 5.41) is 10.0. The average molecular weight is 489 g/mol. The molecule has 0 aliphatic rings. The third-order valence-electron chi connectivity index (χ3n) is 5.57. The molecule has 0 aliphatic heterocycles. The molecule has 0 amide bonds. The van der Waals surface area contributed by atoms with Gasteiger partial charge in [0, 0.05) is 24.6 Å². The molecule has 9 heteroatoms. The van der Waals surface area contributed by atoms with E-state index in [1.54, 1.807) is 16.9 Å². The Morgan fingerprint density at radius 1 is 0.941 bits per heavy atom. The fraction of sp³-hybridized carbons (Fsp3) is 0.120. The van der Waals surface area contributed by atoms with E-state index in [0.29, 0.717) is 33.0 Å². The minimum Gasteiger partial charge on any atom is -0.283 e. The van der Waals surface area contributed by atoms with Crippen LogP contribution in [0.3, 0.4) is 0 Å². The maximum atomic E-state index is 13.8. The van der Waals surface area contributed by atoms with Gasteiger partial charge in [-0.2, -0.15) is 0 Å². The van der Waals surface area contributed by atoms with Gasteiger partial charge in [-0.15, -0.1) is 10.2 Å². The second-order valence-electron chi connectivity index (χ2n) is 7.64. The Morgan fingerprint density at radius 3 is 2.41 bits per heavy atom. The molecule has 0 aliphatic carbocycles. The van der Waals surface area contributed by atoms with Gasteiger partial charge in [0.15, 0.2) is 11.0 Å². The minimum atomic E-state index is -0.168. The summed E-state index contributed by atoms with van der Waals surface area (Å²) in [4.78, 5) is 18.2. The Bertz CT molecular complexity index is 1510. The van der Waals surface area contributed by atoms with Gasteiger partial charge in [0.2, 0.25) is 0 Å². The summed E-state index contributed by atoms with van der Waals surface area (Å²) in [6, 6.07) is 22.8. The highest BCUT2D eigenvalue weighted by atomic mass is 35.5. The Morgan fingerprint density at radius 2 is 1.68 bits per heavy atom. The predicted octanol–water partition coefficient (Wildman–Crippen LogP) is 5.07. The molecule has 0 fully saturated rings. The van der Waals surface area contributed by atoms with Gasteiger partial charge in [0.25, 0.3) is 5.56 Å². The Labute approximate surface area is 205 Å². The van der Waals surface area contributed by atoms with Crippen molar-refractivity contribution >= 4 is 23.4 Å². The molecule has 5 rings (SSSR count). The molecule has 7 nitrogen and oxygen atoms in total. The molecule has 0 spiro atoms. The first-order valence-electron chi connectivity index (χ1n) is 10.6. The Balaban J connectivity index is 1.71. The summed E-state index contributed by atoms with van der Waals surface area (Å²) >= 11 is 8.00. The summed E-state index contributed by atoms with van der Waals surface area (Å²) < 4.78 is 5.30. The fourth-order valence-corrected chi connectivity index (χ4v) is 4.89. The number of thioether (sulfide) groups is 1. The summed E-state index contributed by atoms with van der Waals surface area (Å²) in [7, 11) is 1.87. The van der Waals surface area contributed by atoms with Crippen molar-refractivity contribution in [3.8, 4) is 22.8 Å². The Hall–Kier alpha value is -3.62. The van der Waals surface area contributed by atoms with Crippen LogP contribution in [0.1, 0.15) is 11.4 Å². The van der Waals surface area contributed by atoms with Crippen molar-refractivity contribution < 1.29 is 0 Å². The lowest BCUT2D eigenvalue weighted by atomic mass is 10.2. The number of aromatic nitrogens is 6. The van der Waals surface area contributed by atoms with Gasteiger partial charge in [0.05, 0.1) is 22.1 Å². The molecule has 0 radical (unpaired) electrons. The van der Waals surface area contributed by atoms with Crippen LogP contribution in [0.4, 0.5) is 0 Å². The molecule has 0 unspecified atom stereocenters. The van der Waals surface area contributed by atoms with Crippen LogP contribution >= 0.6 is 23.4 Å². The lowest BCUT2D eigenvalue weighted by Gasteiger charge is -2.10. The number of benzene rings is 2. The van der Waals surface area contributed by atoms with Crippen LogP contribution in [0.25, 0.3) is 22.8 Å². The van der Waals surface area contributed by atoms with Gasteiger partial charge in [-0.25, -0.2) is 4.68 Å². The van der Waals surface area contributed by atoms with Crippen LogP contribution in [-0.2, 0) is 12.8 Å². The monoisotopic (exact) mass is 488 g/mol. The summed E-state index contributed by atoms with van der Waals surface area (Å²) in [5.74, 6) is 1.10. The number of nitrogens with zero attached hydrogens (tertiary/aromatic N) is 6. The number of hydrogen-bond donors (Lipinski definition) is 0. The first kappa shape index (κ1) is 22.2. The van der Waals surface area contributed by atoms with E-state index in [1.807, 2.05) is 90.0 Å². The average Bonchev–Trinajstić information content (AvgIpc) is 3.36. The van der Waals surface area contributed by atoms with Crippen LogP contribution < -0.4 is 5.56 Å². The first-order chi connectivity index (χ1) is 16.6. The lowest BCUT2D eigenvalue weighted by molar-refractivity contribution is 0.630. The number of hydrogen-bond acceptors (Lipinski definition) is 5. The van der Waals surface area contributed by atoms with Crippen LogP contribution in [0.5, 0.6) is 0 Å². The second kappa shape index (κ2) is 9.32. The quantitative estimate of drug-likeness (QED) is 0.312. The highest BCUT2D eigenvalue weighted by Gasteiger charge is 2.25. The molecule has 3 aromatic heterocycles. The van der Waals surface area contributed by atoms with Crippen molar-refractivity contribution in [2.45, 2.75) is 17.8 Å². The highest BCUT2D eigenvalue weighted by Crippen LogP contribution is 2.33. The standard InChI is InChI=1S/C25H21ClN6OS/c1-17-22(24(33)32(30(17)2)19-11-4-3-5-12-19)31-23(20-13-6-7-14-21(20)26)28-29-25(31)34-16-18-10-8-9-15-27-18/h3-15H,16H2,1-2H3. The molecule has 0 bridgehead atoms. The smallest absolute Gasteiger partial charge is 0.283 e. The molecule has 3 heterocycles. The van der Waals surface area contributed by atoms with Crippen LogP contribution in [0.2, 0.25) is 5.02 Å². The SMILES string of the molecule is Cc1c(-n2c(SCc3ccccn3)nnc2-c2ccccc2Cl)c(=O)n(-c2ccccc2)n1C. The largest absolute Gasteiger partial charge is 0.296 e. The molecular weight excluding hydrogens is 468 g/mol. The van der Waals surface area contributed by atoms with E-state index in [9.17, 15) is 4.79 Å². The van der Waals surface area contributed by atoms with Crippen LogP contribution in [0, 0.1) is 6.92 Å². The number of pyridine rings is 1. The van der Waals surface area contributed by atoms with E-state index in [1.165, 1.54) is 11.8 Å². The van der Waals surface area contributed by atoms with Crippen LogP contribution in [-0.4, -0.2) is 29.1 Å². The number of para-hydroxylation sites is 1. The molecule has 0 atom stereocenters. The third kappa shape index (κ3) is 3.95. The normalized spacial score (nSPS) is 11.1. The highest BCUT2D eigenvalue weighted by molar-refractivity contribution is 7.98. The number of halogens is 1. The Kier molecular flexibility index (Phi) is 6.08. The maximum Gasteiger partial charge on any atom is 0.296 e. The summed E-state index contributed by atoms with van der Waals surface area (Å²) in [6.45, 7) is 1.92. The van der Waals surface area contributed by atoms with Crippen molar-refractivity contribution in [1.29, 1.82) is 0 Å². The second-order valence-corrected chi connectivity index (χ2v) is 8.99. The van der Waals surface area contributed by atoms with Crippen molar-refractivity contribution in [1.82, 2.24) is 29.1 Å². The summed E-state index contributed by atoms with van der Waals surface area (Å²) in [5.41, 5.74) is 3.48. The van der Waals surface area contributed by atoms with E-state index in [4.69, 9.17) is 11.6 Å². The zero-order valence-electron chi connectivity index (χ0n) is 18.6. The van der Waals surface area contributed by atoms with E-state index >= 15 is 0 Å². The van der Waals surface area contributed by atoms with E-state index in [2.05, 4.69) is 15.2 Å². The van der Waals surface area contributed by atoms with Crippen molar-refractivity contribution in [3.05, 3.63) is 106 Å². The van der Waals surface area contributed by atoms with E-state index in [-0.39, 0.29) is 5.56 Å². The minimum absolute atomic E-state index is 0.168. The zero-order chi connectivity index (χ0) is 23.7. The van der Waals surface area contributed by atoms with Gasteiger partial charge < -0.3 is 0 Å². The zero-order valence-corrected chi connectivity index (χ0v) is 20.2. The molecule has 0 saturated carbocycles. The topological polar surface area (TPSA) is 70.5 Å². The predicted molar refractivity (Wildman–Crippen MR) is 135 cm³/mol. The van der Waals surface area contributed by atoms with Gasteiger partial charge in [0.1, 0.15) is 5.69 Å². The molecule has 0 N–H and O–H groups in total. The number of rotatable bonds is 6. The molecule has 2 aromatic carbocycles.